The lowest BCUT2D eigenvalue weighted by Crippen LogP contribution is -2.30. The molecular formula is C18H17F2NO3. The number of halogens is 2. The third-order valence-corrected chi connectivity index (χ3v) is 4.03. The van der Waals surface area contributed by atoms with Crippen molar-refractivity contribution in [2.45, 2.75) is 25.5 Å². The Balaban J connectivity index is 1.83. The Hall–Kier alpha value is -2.47. The molecule has 2 heterocycles. The van der Waals surface area contributed by atoms with E-state index in [4.69, 9.17) is 4.42 Å². The van der Waals surface area contributed by atoms with Crippen LogP contribution in [0.25, 0.3) is 6.08 Å². The zero-order valence-electron chi connectivity index (χ0n) is 13.1. The van der Waals surface area contributed by atoms with E-state index in [0.717, 1.165) is 24.0 Å². The summed E-state index contributed by atoms with van der Waals surface area (Å²) in [6.45, 7) is 1.86. The molecule has 0 saturated carbocycles. The van der Waals surface area contributed by atoms with E-state index in [9.17, 15) is 18.7 Å². The number of furan rings is 1. The summed E-state index contributed by atoms with van der Waals surface area (Å²) in [6.07, 6.45) is 2.21. The smallest absolute Gasteiger partial charge is 0.247 e. The van der Waals surface area contributed by atoms with Gasteiger partial charge in [-0.05, 0) is 49.8 Å². The van der Waals surface area contributed by atoms with Crippen LogP contribution < -0.4 is 0 Å². The van der Waals surface area contributed by atoms with Crippen molar-refractivity contribution in [3.05, 3.63) is 65.1 Å². The molecule has 1 saturated heterocycles. The molecule has 24 heavy (non-hydrogen) atoms. The van der Waals surface area contributed by atoms with Crippen LogP contribution in [0.15, 0.2) is 40.8 Å². The van der Waals surface area contributed by atoms with Crippen molar-refractivity contribution >= 4 is 12.0 Å². The Morgan fingerprint density at radius 1 is 1.33 bits per heavy atom. The summed E-state index contributed by atoms with van der Waals surface area (Å²) in [5, 5.41) is 9.88. The van der Waals surface area contributed by atoms with Gasteiger partial charge >= 0.3 is 0 Å². The van der Waals surface area contributed by atoms with E-state index in [0.29, 0.717) is 5.76 Å². The summed E-state index contributed by atoms with van der Waals surface area (Å²) < 4.78 is 32.8. The Labute approximate surface area is 138 Å². The highest BCUT2D eigenvalue weighted by atomic mass is 19.1. The average Bonchev–Trinajstić information content (AvgIpc) is 3.13. The van der Waals surface area contributed by atoms with Crippen LogP contribution in [0, 0.1) is 18.6 Å². The first-order valence-electron chi connectivity index (χ1n) is 7.62. The van der Waals surface area contributed by atoms with Crippen molar-refractivity contribution in [2.24, 2.45) is 0 Å². The van der Waals surface area contributed by atoms with Crippen LogP contribution in [-0.4, -0.2) is 28.6 Å². The largest absolute Gasteiger partial charge is 0.462 e. The van der Waals surface area contributed by atoms with Gasteiger partial charge in [-0.2, -0.15) is 0 Å². The number of β-amino-alcohol motifs (C(OH)–C–C–N with tert-alkyl or cyclic N) is 1. The maximum absolute atomic E-state index is 14.0. The zero-order valence-corrected chi connectivity index (χ0v) is 13.1. The number of amides is 1. The molecule has 1 amide bonds. The first-order chi connectivity index (χ1) is 11.4. The highest BCUT2D eigenvalue weighted by Gasteiger charge is 2.36. The molecule has 2 atom stereocenters. The fourth-order valence-corrected chi connectivity index (χ4v) is 2.91. The minimum atomic E-state index is -0.777. The number of carbonyl (C=O) groups is 1. The van der Waals surface area contributed by atoms with Gasteiger partial charge in [0.2, 0.25) is 5.91 Å². The van der Waals surface area contributed by atoms with Crippen molar-refractivity contribution < 1.29 is 23.1 Å². The molecule has 1 N–H and O–H groups in total. The first-order valence-corrected chi connectivity index (χ1v) is 7.62. The summed E-state index contributed by atoms with van der Waals surface area (Å²) >= 11 is 0. The number of nitrogens with zero attached hydrogens (tertiary/aromatic N) is 1. The zero-order chi connectivity index (χ0) is 17.3. The second kappa shape index (κ2) is 6.57. The number of aliphatic hydroxyl groups excluding tert-OH is 1. The summed E-state index contributed by atoms with van der Waals surface area (Å²) in [6, 6.07) is 5.91. The standard InChI is InChI=1S/C18H17F2NO3/c1-11-2-4-14(24-11)5-7-18(23)21-10-13(22)9-17(21)15-8-12(19)3-6-16(15)20/h2-8,13,17,22H,9-10H2,1H3/b7-5+. The van der Waals surface area contributed by atoms with Gasteiger partial charge in [-0.15, -0.1) is 0 Å². The van der Waals surface area contributed by atoms with Crippen LogP contribution in [0.1, 0.15) is 29.5 Å². The van der Waals surface area contributed by atoms with E-state index in [2.05, 4.69) is 0 Å². The van der Waals surface area contributed by atoms with Crippen LogP contribution in [0.4, 0.5) is 8.78 Å². The molecule has 2 unspecified atom stereocenters. The van der Waals surface area contributed by atoms with Crippen molar-refractivity contribution in [3.63, 3.8) is 0 Å². The predicted molar refractivity (Wildman–Crippen MR) is 83.9 cm³/mol. The van der Waals surface area contributed by atoms with Gasteiger partial charge in [0.25, 0.3) is 0 Å². The van der Waals surface area contributed by atoms with E-state index >= 15 is 0 Å². The molecule has 0 aliphatic carbocycles. The van der Waals surface area contributed by atoms with E-state index in [-0.39, 0.29) is 18.5 Å². The molecule has 0 spiro atoms. The SMILES string of the molecule is Cc1ccc(/C=C/C(=O)N2CC(O)CC2c2cc(F)ccc2F)o1. The fourth-order valence-electron chi connectivity index (χ4n) is 2.91. The number of benzene rings is 1. The van der Waals surface area contributed by atoms with Gasteiger partial charge in [0.15, 0.2) is 0 Å². The lowest BCUT2D eigenvalue weighted by Gasteiger charge is -2.23. The summed E-state index contributed by atoms with van der Waals surface area (Å²) in [5.41, 5.74) is 0.0714. The van der Waals surface area contributed by atoms with Crippen LogP contribution in [-0.2, 0) is 4.79 Å². The fraction of sp³-hybridized carbons (Fsp3) is 0.278. The number of likely N-dealkylation sites (tertiary alicyclic amines) is 1. The molecular weight excluding hydrogens is 316 g/mol. The average molecular weight is 333 g/mol. The number of carbonyl (C=O) groups excluding carboxylic acids is 1. The summed E-state index contributed by atoms with van der Waals surface area (Å²) in [5.74, 6) is -0.331. The van der Waals surface area contributed by atoms with Gasteiger partial charge in [0, 0.05) is 18.2 Å². The molecule has 0 bridgehead atoms. The molecule has 4 nitrogen and oxygen atoms in total. The topological polar surface area (TPSA) is 53.7 Å². The Bertz CT molecular complexity index is 784. The van der Waals surface area contributed by atoms with Crippen LogP contribution in [0.5, 0.6) is 0 Å². The van der Waals surface area contributed by atoms with Gasteiger partial charge in [-0.25, -0.2) is 8.78 Å². The van der Waals surface area contributed by atoms with Gasteiger partial charge in [-0.1, -0.05) is 0 Å². The molecule has 2 aromatic rings. The number of hydrogen-bond acceptors (Lipinski definition) is 3. The van der Waals surface area contributed by atoms with Crippen LogP contribution in [0.2, 0.25) is 0 Å². The molecule has 1 aliphatic heterocycles. The quantitative estimate of drug-likeness (QED) is 0.878. The van der Waals surface area contributed by atoms with Crippen LogP contribution in [0.3, 0.4) is 0 Å². The Kier molecular flexibility index (Phi) is 4.49. The van der Waals surface area contributed by atoms with Gasteiger partial charge < -0.3 is 14.4 Å². The molecule has 1 aromatic carbocycles. The Morgan fingerprint density at radius 2 is 2.12 bits per heavy atom. The minimum Gasteiger partial charge on any atom is -0.462 e. The van der Waals surface area contributed by atoms with Gasteiger partial charge in [0.1, 0.15) is 23.2 Å². The van der Waals surface area contributed by atoms with E-state index in [1.165, 1.54) is 17.1 Å². The van der Waals surface area contributed by atoms with E-state index < -0.39 is 29.7 Å². The van der Waals surface area contributed by atoms with E-state index in [1.54, 1.807) is 19.1 Å². The van der Waals surface area contributed by atoms with Crippen molar-refractivity contribution in [1.82, 2.24) is 4.90 Å². The highest BCUT2D eigenvalue weighted by molar-refractivity contribution is 5.92. The van der Waals surface area contributed by atoms with Crippen molar-refractivity contribution in [1.29, 1.82) is 0 Å². The normalized spacial score (nSPS) is 20.9. The highest BCUT2D eigenvalue weighted by Crippen LogP contribution is 2.34. The summed E-state index contributed by atoms with van der Waals surface area (Å²) in [4.78, 5) is 13.8. The monoisotopic (exact) mass is 333 g/mol. The molecule has 126 valence electrons. The molecule has 1 aliphatic rings. The number of hydrogen-bond donors (Lipinski definition) is 1. The Morgan fingerprint density at radius 3 is 2.83 bits per heavy atom. The van der Waals surface area contributed by atoms with Gasteiger partial charge in [0.05, 0.1) is 12.1 Å². The number of aryl methyl sites for hydroxylation is 1. The first kappa shape index (κ1) is 16.4. The third-order valence-electron chi connectivity index (χ3n) is 4.03. The molecule has 1 fully saturated rings. The molecule has 0 radical (unpaired) electrons. The number of aliphatic hydroxyl groups is 1. The van der Waals surface area contributed by atoms with Crippen molar-refractivity contribution in [2.75, 3.05) is 6.54 Å². The second-order valence-corrected chi connectivity index (χ2v) is 5.84. The minimum absolute atomic E-state index is 0.0704. The lowest BCUT2D eigenvalue weighted by molar-refractivity contribution is -0.127. The lowest BCUT2D eigenvalue weighted by atomic mass is 10.0. The number of rotatable bonds is 3. The van der Waals surface area contributed by atoms with Gasteiger partial charge in [-0.3, -0.25) is 4.79 Å². The maximum atomic E-state index is 14.0. The van der Waals surface area contributed by atoms with E-state index in [1.807, 2.05) is 0 Å². The maximum Gasteiger partial charge on any atom is 0.247 e. The van der Waals surface area contributed by atoms with Crippen molar-refractivity contribution in [3.8, 4) is 0 Å². The third kappa shape index (κ3) is 3.38. The molecule has 6 heteroatoms. The van der Waals surface area contributed by atoms with Crippen LogP contribution >= 0.6 is 0 Å². The second-order valence-electron chi connectivity index (χ2n) is 5.84. The molecule has 1 aromatic heterocycles. The molecule has 3 rings (SSSR count). The summed E-state index contributed by atoms with van der Waals surface area (Å²) in [7, 11) is 0. The predicted octanol–water partition coefficient (Wildman–Crippen LogP) is 3.21.